The minimum atomic E-state index is -0.649. The maximum Gasteiger partial charge on any atom is 0.252 e. The molecule has 6 nitrogen and oxygen atoms in total. The van der Waals surface area contributed by atoms with Gasteiger partial charge in [0.05, 0.1) is 0 Å². The highest BCUT2D eigenvalue weighted by atomic mass is 16.2. The SMILES string of the molecule is CC(=O)N1CC(=O)N(C)C(Cc2c[nH]c3ccccc23)C1=O. The van der Waals surface area contributed by atoms with E-state index in [2.05, 4.69) is 4.98 Å². The van der Waals surface area contributed by atoms with E-state index < -0.39 is 11.9 Å². The lowest BCUT2D eigenvalue weighted by atomic mass is 10.0. The van der Waals surface area contributed by atoms with Crippen molar-refractivity contribution >= 4 is 28.6 Å². The molecule has 3 rings (SSSR count). The third kappa shape index (κ3) is 2.26. The number of piperazine rings is 1. The third-order valence-electron chi connectivity index (χ3n) is 4.17. The molecule has 3 amide bonds. The van der Waals surface area contributed by atoms with E-state index in [1.807, 2.05) is 30.5 Å². The highest BCUT2D eigenvalue weighted by molar-refractivity contribution is 6.04. The van der Waals surface area contributed by atoms with Gasteiger partial charge in [-0.25, -0.2) is 0 Å². The number of rotatable bonds is 2. The van der Waals surface area contributed by atoms with Crippen LogP contribution in [0.1, 0.15) is 12.5 Å². The van der Waals surface area contributed by atoms with Crippen molar-refractivity contribution < 1.29 is 14.4 Å². The Kier molecular flexibility index (Phi) is 3.44. The van der Waals surface area contributed by atoms with E-state index in [9.17, 15) is 14.4 Å². The van der Waals surface area contributed by atoms with Gasteiger partial charge in [-0.05, 0) is 11.6 Å². The van der Waals surface area contributed by atoms with Gasteiger partial charge in [0, 0.05) is 37.5 Å². The average Bonchev–Trinajstić information content (AvgIpc) is 2.90. The van der Waals surface area contributed by atoms with E-state index in [0.29, 0.717) is 6.42 Å². The zero-order valence-electron chi connectivity index (χ0n) is 12.5. The Bertz CT molecular complexity index is 765. The average molecular weight is 299 g/mol. The molecule has 0 radical (unpaired) electrons. The highest BCUT2D eigenvalue weighted by Gasteiger charge is 2.39. The van der Waals surface area contributed by atoms with Crippen molar-refractivity contribution in [1.29, 1.82) is 0 Å². The Hall–Kier alpha value is -2.63. The molecule has 0 aliphatic carbocycles. The smallest absolute Gasteiger partial charge is 0.252 e. The number of nitrogens with one attached hydrogen (secondary N) is 1. The number of likely N-dealkylation sites (N-methyl/N-ethyl adjacent to an activating group) is 1. The van der Waals surface area contributed by atoms with E-state index in [1.54, 1.807) is 7.05 Å². The van der Waals surface area contributed by atoms with E-state index in [-0.39, 0.29) is 18.4 Å². The third-order valence-corrected chi connectivity index (χ3v) is 4.17. The van der Waals surface area contributed by atoms with Gasteiger partial charge in [0.2, 0.25) is 11.8 Å². The molecule has 1 fully saturated rings. The van der Waals surface area contributed by atoms with Crippen molar-refractivity contribution in [2.45, 2.75) is 19.4 Å². The molecule has 1 aliphatic heterocycles. The number of carbonyl (C=O) groups is 3. The molecule has 0 saturated carbocycles. The molecular formula is C16H17N3O3. The number of hydrogen-bond donors (Lipinski definition) is 1. The summed E-state index contributed by atoms with van der Waals surface area (Å²) in [6.45, 7) is 1.13. The Balaban J connectivity index is 1.93. The van der Waals surface area contributed by atoms with Crippen LogP contribution in [-0.2, 0) is 20.8 Å². The number of aromatic nitrogens is 1. The molecule has 1 aliphatic rings. The summed E-state index contributed by atoms with van der Waals surface area (Å²) < 4.78 is 0. The van der Waals surface area contributed by atoms with Gasteiger partial charge < -0.3 is 9.88 Å². The van der Waals surface area contributed by atoms with Crippen molar-refractivity contribution in [2.75, 3.05) is 13.6 Å². The van der Waals surface area contributed by atoms with Crippen LogP contribution in [0, 0.1) is 0 Å². The molecule has 1 aromatic carbocycles. The van der Waals surface area contributed by atoms with Crippen molar-refractivity contribution in [3.8, 4) is 0 Å². The predicted octanol–water partition coefficient (Wildman–Crippen LogP) is 0.926. The van der Waals surface area contributed by atoms with Crippen molar-refractivity contribution in [3.05, 3.63) is 36.0 Å². The van der Waals surface area contributed by atoms with Gasteiger partial charge >= 0.3 is 0 Å². The second-order valence-electron chi connectivity index (χ2n) is 5.53. The molecule has 1 aromatic heterocycles. The zero-order chi connectivity index (χ0) is 15.9. The monoisotopic (exact) mass is 299 g/mol. The fraction of sp³-hybridized carbons (Fsp3) is 0.312. The number of amides is 3. The Morgan fingerprint density at radius 3 is 2.77 bits per heavy atom. The maximum atomic E-state index is 12.5. The topological polar surface area (TPSA) is 73.5 Å². The summed E-state index contributed by atoms with van der Waals surface area (Å²) in [4.78, 5) is 41.7. The molecule has 0 spiro atoms. The largest absolute Gasteiger partial charge is 0.361 e. The van der Waals surface area contributed by atoms with Gasteiger partial charge in [0.25, 0.3) is 5.91 Å². The minimum Gasteiger partial charge on any atom is -0.361 e. The number of aromatic amines is 1. The van der Waals surface area contributed by atoms with Crippen molar-refractivity contribution in [1.82, 2.24) is 14.8 Å². The lowest BCUT2D eigenvalue weighted by Gasteiger charge is -2.36. The van der Waals surface area contributed by atoms with Crippen LogP contribution in [-0.4, -0.2) is 52.1 Å². The number of carbonyl (C=O) groups excluding carboxylic acids is 3. The summed E-state index contributed by atoms with van der Waals surface area (Å²) in [6.07, 6.45) is 2.23. The van der Waals surface area contributed by atoms with Gasteiger partial charge in [-0.2, -0.15) is 0 Å². The Labute approximate surface area is 127 Å². The number of nitrogens with zero attached hydrogens (tertiary/aromatic N) is 2. The first-order valence-electron chi connectivity index (χ1n) is 7.11. The fourth-order valence-corrected chi connectivity index (χ4v) is 2.84. The quantitative estimate of drug-likeness (QED) is 0.896. The number of imide groups is 1. The minimum absolute atomic E-state index is 0.172. The van der Waals surface area contributed by atoms with E-state index in [1.165, 1.54) is 11.8 Å². The van der Waals surface area contributed by atoms with Gasteiger partial charge in [0.15, 0.2) is 0 Å². The van der Waals surface area contributed by atoms with Gasteiger partial charge in [-0.3, -0.25) is 19.3 Å². The number of fused-ring (bicyclic) bond motifs is 1. The molecule has 1 unspecified atom stereocenters. The van der Waals surface area contributed by atoms with Gasteiger partial charge in [-0.15, -0.1) is 0 Å². The normalized spacial score (nSPS) is 19.1. The number of para-hydroxylation sites is 1. The van der Waals surface area contributed by atoms with Crippen LogP contribution in [0.4, 0.5) is 0 Å². The summed E-state index contributed by atoms with van der Waals surface area (Å²) in [7, 11) is 1.61. The first kappa shape index (κ1) is 14.3. The fourth-order valence-electron chi connectivity index (χ4n) is 2.84. The summed E-state index contributed by atoms with van der Waals surface area (Å²) >= 11 is 0. The molecule has 2 heterocycles. The zero-order valence-corrected chi connectivity index (χ0v) is 12.5. The van der Waals surface area contributed by atoms with Crippen LogP contribution in [0.3, 0.4) is 0 Å². The summed E-state index contributed by atoms with van der Waals surface area (Å²) in [6, 6.07) is 7.14. The second kappa shape index (κ2) is 5.29. The van der Waals surface area contributed by atoms with Crippen LogP contribution in [0.15, 0.2) is 30.5 Å². The lowest BCUT2D eigenvalue weighted by molar-refractivity contribution is -0.160. The highest BCUT2D eigenvalue weighted by Crippen LogP contribution is 2.22. The standard InChI is InChI=1S/C16H17N3O3/c1-10(20)19-9-15(21)18(2)14(16(19)22)7-11-8-17-13-6-4-3-5-12(11)13/h3-6,8,14,17H,7,9H2,1-2H3. The number of benzene rings is 1. The lowest BCUT2D eigenvalue weighted by Crippen LogP contribution is -2.60. The molecule has 114 valence electrons. The molecule has 6 heteroatoms. The first-order valence-corrected chi connectivity index (χ1v) is 7.11. The van der Waals surface area contributed by atoms with Crippen LogP contribution in [0.25, 0.3) is 10.9 Å². The van der Waals surface area contributed by atoms with Crippen molar-refractivity contribution in [2.24, 2.45) is 0 Å². The first-order chi connectivity index (χ1) is 10.5. The van der Waals surface area contributed by atoms with E-state index in [4.69, 9.17) is 0 Å². The molecule has 22 heavy (non-hydrogen) atoms. The van der Waals surface area contributed by atoms with Crippen LogP contribution in [0.2, 0.25) is 0 Å². The van der Waals surface area contributed by atoms with Crippen molar-refractivity contribution in [3.63, 3.8) is 0 Å². The van der Waals surface area contributed by atoms with E-state index in [0.717, 1.165) is 21.4 Å². The van der Waals surface area contributed by atoms with Crippen LogP contribution >= 0.6 is 0 Å². The molecule has 1 N–H and O–H groups in total. The van der Waals surface area contributed by atoms with E-state index >= 15 is 0 Å². The van der Waals surface area contributed by atoms with Crippen LogP contribution < -0.4 is 0 Å². The summed E-state index contributed by atoms with van der Waals surface area (Å²) in [5.41, 5.74) is 1.94. The van der Waals surface area contributed by atoms with Gasteiger partial charge in [-0.1, -0.05) is 18.2 Å². The number of hydrogen-bond acceptors (Lipinski definition) is 3. The molecule has 2 aromatic rings. The predicted molar refractivity (Wildman–Crippen MR) is 81.0 cm³/mol. The molecule has 1 atom stereocenters. The summed E-state index contributed by atoms with van der Waals surface area (Å²) in [5, 5.41) is 1.02. The Morgan fingerprint density at radius 2 is 2.05 bits per heavy atom. The number of H-pyrrole nitrogens is 1. The summed E-state index contributed by atoms with van der Waals surface area (Å²) in [5.74, 6) is -0.935. The van der Waals surface area contributed by atoms with Crippen LogP contribution in [0.5, 0.6) is 0 Å². The second-order valence-corrected chi connectivity index (χ2v) is 5.53. The Morgan fingerprint density at radius 1 is 1.32 bits per heavy atom. The molecular weight excluding hydrogens is 282 g/mol. The molecule has 0 bridgehead atoms. The van der Waals surface area contributed by atoms with Gasteiger partial charge in [0.1, 0.15) is 12.6 Å². The maximum absolute atomic E-state index is 12.5. The molecule has 1 saturated heterocycles.